The Morgan fingerprint density at radius 1 is 1.64 bits per heavy atom. The van der Waals surface area contributed by atoms with Crippen molar-refractivity contribution in [3.63, 3.8) is 0 Å². The van der Waals surface area contributed by atoms with Gasteiger partial charge in [0, 0.05) is 26.2 Å². The maximum atomic E-state index is 6.25. The van der Waals surface area contributed by atoms with Crippen molar-refractivity contribution in [2.75, 3.05) is 32.8 Å². The first-order valence-corrected chi connectivity index (χ1v) is 5.43. The molecule has 1 saturated heterocycles. The molecule has 80 valence electrons. The molecule has 0 bridgehead atoms. The van der Waals surface area contributed by atoms with Gasteiger partial charge in [0.15, 0.2) is 0 Å². The fraction of sp³-hybridized carbons (Fsp3) is 0.818. The van der Waals surface area contributed by atoms with E-state index in [2.05, 4.69) is 17.9 Å². The average molecular weight is 196 g/mol. The molecule has 0 aromatic heterocycles. The van der Waals surface area contributed by atoms with Gasteiger partial charge in [-0.05, 0) is 19.8 Å². The lowest BCUT2D eigenvalue weighted by molar-refractivity contribution is 0.155. The highest BCUT2D eigenvalue weighted by atomic mass is 16.5. The van der Waals surface area contributed by atoms with Crippen molar-refractivity contribution in [2.45, 2.75) is 25.3 Å². The number of hydrogen-bond acceptors (Lipinski definition) is 3. The van der Waals surface area contributed by atoms with Crippen LogP contribution < -0.4 is 5.73 Å². The molecule has 1 atom stereocenters. The zero-order valence-electron chi connectivity index (χ0n) is 8.96. The molecule has 2 heterocycles. The molecule has 2 aliphatic rings. The lowest BCUT2D eigenvalue weighted by atomic mass is 9.98. The SMILES string of the molecule is CC1=CCCN(CC2(N)CCOC2)C1. The van der Waals surface area contributed by atoms with Crippen molar-refractivity contribution in [1.82, 2.24) is 4.90 Å². The van der Waals surface area contributed by atoms with Crippen LogP contribution in [0.3, 0.4) is 0 Å². The zero-order chi connectivity index (χ0) is 10.0. The summed E-state index contributed by atoms with van der Waals surface area (Å²) in [6.07, 6.45) is 4.50. The van der Waals surface area contributed by atoms with Crippen molar-refractivity contribution in [3.05, 3.63) is 11.6 Å². The molecule has 0 aliphatic carbocycles. The topological polar surface area (TPSA) is 38.5 Å². The van der Waals surface area contributed by atoms with Crippen LogP contribution in [-0.2, 0) is 4.74 Å². The first kappa shape index (κ1) is 10.1. The van der Waals surface area contributed by atoms with E-state index in [-0.39, 0.29) is 5.54 Å². The Balaban J connectivity index is 1.88. The molecule has 2 N–H and O–H groups in total. The first-order chi connectivity index (χ1) is 6.68. The Morgan fingerprint density at radius 3 is 3.14 bits per heavy atom. The van der Waals surface area contributed by atoms with Crippen molar-refractivity contribution in [3.8, 4) is 0 Å². The third-order valence-corrected chi connectivity index (χ3v) is 3.08. The highest BCUT2D eigenvalue weighted by molar-refractivity contribution is 5.06. The maximum Gasteiger partial charge on any atom is 0.0659 e. The number of nitrogens with two attached hydrogens (primary N) is 1. The van der Waals surface area contributed by atoms with E-state index >= 15 is 0 Å². The second-order valence-corrected chi connectivity index (χ2v) is 4.71. The van der Waals surface area contributed by atoms with E-state index < -0.39 is 0 Å². The summed E-state index contributed by atoms with van der Waals surface area (Å²) in [7, 11) is 0. The van der Waals surface area contributed by atoms with Gasteiger partial charge in [0.05, 0.1) is 12.1 Å². The summed E-state index contributed by atoms with van der Waals surface area (Å²) >= 11 is 0. The number of rotatable bonds is 2. The van der Waals surface area contributed by atoms with Crippen LogP contribution in [-0.4, -0.2) is 43.3 Å². The molecule has 2 rings (SSSR count). The molecule has 1 fully saturated rings. The molecular formula is C11H20N2O. The second-order valence-electron chi connectivity index (χ2n) is 4.71. The highest BCUT2D eigenvalue weighted by Gasteiger charge is 2.32. The molecule has 3 heteroatoms. The van der Waals surface area contributed by atoms with Gasteiger partial charge in [0.2, 0.25) is 0 Å². The fourth-order valence-electron chi connectivity index (χ4n) is 2.32. The van der Waals surface area contributed by atoms with E-state index in [0.717, 1.165) is 39.3 Å². The quantitative estimate of drug-likeness (QED) is 0.663. The van der Waals surface area contributed by atoms with Crippen LogP contribution in [0.5, 0.6) is 0 Å². The summed E-state index contributed by atoms with van der Waals surface area (Å²) < 4.78 is 5.36. The molecule has 1 unspecified atom stereocenters. The Hall–Kier alpha value is -0.380. The summed E-state index contributed by atoms with van der Waals surface area (Å²) in [5, 5.41) is 0. The third kappa shape index (κ3) is 2.35. The minimum Gasteiger partial charge on any atom is -0.379 e. The Labute approximate surface area is 85.9 Å². The smallest absolute Gasteiger partial charge is 0.0659 e. The minimum atomic E-state index is -0.0857. The summed E-state index contributed by atoms with van der Waals surface area (Å²) in [5.41, 5.74) is 7.63. The van der Waals surface area contributed by atoms with Gasteiger partial charge in [0.25, 0.3) is 0 Å². The van der Waals surface area contributed by atoms with Crippen LogP contribution in [0.2, 0.25) is 0 Å². The van der Waals surface area contributed by atoms with E-state index in [0.29, 0.717) is 0 Å². The van der Waals surface area contributed by atoms with Gasteiger partial charge in [-0.3, -0.25) is 4.90 Å². The molecule has 0 aromatic rings. The monoisotopic (exact) mass is 196 g/mol. The fourth-order valence-corrected chi connectivity index (χ4v) is 2.32. The Bertz CT molecular complexity index is 231. The molecule has 0 saturated carbocycles. The molecule has 0 spiro atoms. The van der Waals surface area contributed by atoms with Gasteiger partial charge < -0.3 is 10.5 Å². The van der Waals surface area contributed by atoms with Gasteiger partial charge in [-0.25, -0.2) is 0 Å². The van der Waals surface area contributed by atoms with Gasteiger partial charge in [0.1, 0.15) is 0 Å². The van der Waals surface area contributed by atoms with Crippen molar-refractivity contribution in [1.29, 1.82) is 0 Å². The molecule has 3 nitrogen and oxygen atoms in total. The molecule has 14 heavy (non-hydrogen) atoms. The van der Waals surface area contributed by atoms with Crippen LogP contribution in [0.4, 0.5) is 0 Å². The summed E-state index contributed by atoms with van der Waals surface area (Å²) in [6, 6.07) is 0. The zero-order valence-corrected chi connectivity index (χ0v) is 8.96. The van der Waals surface area contributed by atoms with Gasteiger partial charge in [-0.1, -0.05) is 11.6 Å². The summed E-state index contributed by atoms with van der Waals surface area (Å²) in [5.74, 6) is 0. The van der Waals surface area contributed by atoms with Gasteiger partial charge in [-0.2, -0.15) is 0 Å². The van der Waals surface area contributed by atoms with Gasteiger partial charge in [-0.15, -0.1) is 0 Å². The Morgan fingerprint density at radius 2 is 2.50 bits per heavy atom. The third-order valence-electron chi connectivity index (χ3n) is 3.08. The van der Waals surface area contributed by atoms with E-state index in [4.69, 9.17) is 10.5 Å². The molecule has 0 aromatic carbocycles. The van der Waals surface area contributed by atoms with Crippen LogP contribution in [0.1, 0.15) is 19.8 Å². The van der Waals surface area contributed by atoms with E-state index in [1.165, 1.54) is 12.0 Å². The van der Waals surface area contributed by atoms with E-state index in [1.807, 2.05) is 0 Å². The molecule has 0 amide bonds. The Kier molecular flexibility index (Phi) is 2.91. The number of ether oxygens (including phenoxy) is 1. The lowest BCUT2D eigenvalue weighted by Crippen LogP contribution is -2.51. The van der Waals surface area contributed by atoms with Crippen LogP contribution in [0.15, 0.2) is 11.6 Å². The maximum absolute atomic E-state index is 6.25. The predicted octanol–water partition coefficient (Wildman–Crippen LogP) is 0.756. The normalized spacial score (nSPS) is 34.6. The number of nitrogens with zero attached hydrogens (tertiary/aromatic N) is 1. The van der Waals surface area contributed by atoms with Crippen molar-refractivity contribution >= 4 is 0 Å². The lowest BCUT2D eigenvalue weighted by Gasteiger charge is -2.33. The summed E-state index contributed by atoms with van der Waals surface area (Å²) in [4.78, 5) is 2.45. The van der Waals surface area contributed by atoms with Crippen LogP contribution in [0.25, 0.3) is 0 Å². The minimum absolute atomic E-state index is 0.0857. The standard InChI is InChI=1S/C11H20N2O/c1-10-3-2-5-13(7-10)8-11(12)4-6-14-9-11/h3H,2,4-9,12H2,1H3. The van der Waals surface area contributed by atoms with Crippen molar-refractivity contribution in [2.24, 2.45) is 5.73 Å². The molecule has 2 aliphatic heterocycles. The average Bonchev–Trinajstić information content (AvgIpc) is 2.51. The highest BCUT2D eigenvalue weighted by Crippen LogP contribution is 2.19. The van der Waals surface area contributed by atoms with E-state index in [1.54, 1.807) is 0 Å². The van der Waals surface area contributed by atoms with Crippen LogP contribution in [0, 0.1) is 0 Å². The van der Waals surface area contributed by atoms with Crippen molar-refractivity contribution < 1.29 is 4.74 Å². The molecule has 0 radical (unpaired) electrons. The predicted molar refractivity (Wildman–Crippen MR) is 57.2 cm³/mol. The van der Waals surface area contributed by atoms with Gasteiger partial charge >= 0.3 is 0 Å². The number of hydrogen-bond donors (Lipinski definition) is 1. The largest absolute Gasteiger partial charge is 0.379 e. The first-order valence-electron chi connectivity index (χ1n) is 5.43. The molecular weight excluding hydrogens is 176 g/mol. The summed E-state index contributed by atoms with van der Waals surface area (Å²) in [6.45, 7) is 6.97. The second kappa shape index (κ2) is 4.01. The van der Waals surface area contributed by atoms with Crippen LogP contribution >= 0.6 is 0 Å². The van der Waals surface area contributed by atoms with E-state index in [9.17, 15) is 0 Å².